The van der Waals surface area contributed by atoms with Crippen LogP contribution in [0.5, 0.6) is 11.5 Å². The van der Waals surface area contributed by atoms with E-state index >= 15 is 0 Å². The van der Waals surface area contributed by atoms with E-state index in [9.17, 15) is 9.59 Å². The molecule has 0 N–H and O–H groups in total. The van der Waals surface area contributed by atoms with Crippen molar-refractivity contribution in [2.45, 2.75) is 6.42 Å². The van der Waals surface area contributed by atoms with E-state index in [1.54, 1.807) is 14.1 Å². The maximum Gasteiger partial charge on any atom is 0.312 e. The van der Waals surface area contributed by atoms with Gasteiger partial charge in [0.05, 0.1) is 12.1 Å². The quantitative estimate of drug-likeness (QED) is 0.569. The van der Waals surface area contributed by atoms with E-state index < -0.39 is 5.97 Å². The Morgan fingerprint density at radius 3 is 2.54 bits per heavy atom. The molecule has 0 saturated carbocycles. The second-order valence-electron chi connectivity index (χ2n) is 6.21. The van der Waals surface area contributed by atoms with Crippen molar-refractivity contribution in [3.63, 3.8) is 0 Å². The van der Waals surface area contributed by atoms with Crippen molar-refractivity contribution in [3.8, 4) is 22.1 Å². The van der Waals surface area contributed by atoms with Gasteiger partial charge in [0.2, 0.25) is 0 Å². The van der Waals surface area contributed by atoms with Gasteiger partial charge in [0.1, 0.15) is 16.5 Å². The first kappa shape index (κ1) is 19.6. The first-order valence-electron chi connectivity index (χ1n) is 8.65. The molecule has 0 aliphatic heterocycles. The molecule has 28 heavy (non-hydrogen) atoms. The van der Waals surface area contributed by atoms with Crippen molar-refractivity contribution in [2.75, 3.05) is 20.7 Å². The van der Waals surface area contributed by atoms with Crippen molar-refractivity contribution >= 4 is 23.2 Å². The van der Waals surface area contributed by atoms with Crippen LogP contribution in [-0.4, -0.2) is 42.5 Å². The molecule has 0 saturated heterocycles. The molecular formula is C21H20N2O4S. The number of amides is 1. The molecule has 0 aliphatic rings. The third-order valence-electron chi connectivity index (χ3n) is 3.79. The first-order chi connectivity index (χ1) is 13.5. The Hall–Kier alpha value is -3.19. The fourth-order valence-corrected chi connectivity index (χ4v) is 3.12. The van der Waals surface area contributed by atoms with Crippen LogP contribution in [0.3, 0.4) is 0 Å². The average molecular weight is 396 g/mol. The Labute approximate surface area is 167 Å². The Morgan fingerprint density at radius 2 is 1.79 bits per heavy atom. The minimum absolute atomic E-state index is 0.0252. The summed E-state index contributed by atoms with van der Waals surface area (Å²) >= 11 is 1.44. The highest BCUT2D eigenvalue weighted by molar-refractivity contribution is 7.13. The number of aromatic nitrogens is 1. The number of carbonyl (C=O) groups excluding carboxylic acids is 2. The van der Waals surface area contributed by atoms with Gasteiger partial charge < -0.3 is 14.4 Å². The number of thiazole rings is 1. The third-order valence-corrected chi connectivity index (χ3v) is 4.73. The van der Waals surface area contributed by atoms with Gasteiger partial charge in [-0.25, -0.2) is 4.98 Å². The van der Waals surface area contributed by atoms with Crippen LogP contribution < -0.4 is 4.74 Å². The molecule has 2 aromatic carbocycles. The van der Waals surface area contributed by atoms with Crippen LogP contribution in [0.25, 0.3) is 10.6 Å². The molecule has 6 nitrogen and oxygen atoms in total. The number of esters is 1. The van der Waals surface area contributed by atoms with E-state index in [2.05, 4.69) is 4.98 Å². The summed E-state index contributed by atoms with van der Waals surface area (Å²) in [5.74, 6) is 0.729. The summed E-state index contributed by atoms with van der Waals surface area (Å²) in [6.45, 7) is -0.262. The van der Waals surface area contributed by atoms with Gasteiger partial charge in [0.25, 0.3) is 5.91 Å². The van der Waals surface area contributed by atoms with Gasteiger partial charge in [-0.1, -0.05) is 30.3 Å². The SMILES string of the molecule is CN(C)C(=O)COC(=O)Cc1csc(-c2cccc(Oc3ccccc3)c2)n1. The lowest BCUT2D eigenvalue weighted by atomic mass is 10.2. The number of hydrogen-bond donors (Lipinski definition) is 0. The molecule has 0 fully saturated rings. The zero-order chi connectivity index (χ0) is 19.9. The maximum absolute atomic E-state index is 11.9. The van der Waals surface area contributed by atoms with Crippen LogP contribution >= 0.6 is 11.3 Å². The third kappa shape index (κ3) is 5.40. The summed E-state index contributed by atoms with van der Waals surface area (Å²) in [6, 6.07) is 17.2. The monoisotopic (exact) mass is 396 g/mol. The van der Waals surface area contributed by atoms with Crippen molar-refractivity contribution in [1.29, 1.82) is 0 Å². The zero-order valence-electron chi connectivity index (χ0n) is 15.6. The van der Waals surface area contributed by atoms with Crippen LogP contribution in [0.2, 0.25) is 0 Å². The van der Waals surface area contributed by atoms with E-state index in [0.717, 1.165) is 16.3 Å². The smallest absolute Gasteiger partial charge is 0.312 e. The van der Waals surface area contributed by atoms with Crippen molar-refractivity contribution in [3.05, 3.63) is 65.7 Å². The number of likely N-dealkylation sites (N-methyl/N-ethyl adjacent to an activating group) is 1. The molecule has 144 valence electrons. The lowest BCUT2D eigenvalue weighted by Gasteiger charge is -2.09. The molecule has 3 rings (SSSR count). The molecule has 0 bridgehead atoms. The normalized spacial score (nSPS) is 10.4. The zero-order valence-corrected chi connectivity index (χ0v) is 16.4. The van der Waals surface area contributed by atoms with Gasteiger partial charge in [-0.2, -0.15) is 0 Å². The topological polar surface area (TPSA) is 68.7 Å². The molecule has 0 unspecified atom stereocenters. The van der Waals surface area contributed by atoms with Gasteiger partial charge in [-0.05, 0) is 24.3 Å². The minimum Gasteiger partial charge on any atom is -0.457 e. The molecule has 0 radical (unpaired) electrons. The standard InChI is InChI=1S/C21H20N2O4S/c1-23(2)19(24)13-26-20(25)12-16-14-28-21(22-16)15-7-6-10-18(11-15)27-17-8-4-3-5-9-17/h3-11,14H,12-13H2,1-2H3. The maximum atomic E-state index is 11.9. The number of nitrogens with zero attached hydrogens (tertiary/aromatic N) is 2. The van der Waals surface area contributed by atoms with Crippen LogP contribution in [0.1, 0.15) is 5.69 Å². The Morgan fingerprint density at radius 1 is 1.04 bits per heavy atom. The van der Waals surface area contributed by atoms with E-state index in [-0.39, 0.29) is 18.9 Å². The van der Waals surface area contributed by atoms with E-state index in [1.165, 1.54) is 16.2 Å². The van der Waals surface area contributed by atoms with Gasteiger partial charge in [0.15, 0.2) is 6.61 Å². The summed E-state index contributed by atoms with van der Waals surface area (Å²) in [4.78, 5) is 29.2. The van der Waals surface area contributed by atoms with Gasteiger partial charge >= 0.3 is 5.97 Å². The van der Waals surface area contributed by atoms with E-state index in [0.29, 0.717) is 11.4 Å². The number of hydrogen-bond acceptors (Lipinski definition) is 6. The van der Waals surface area contributed by atoms with E-state index in [1.807, 2.05) is 60.0 Å². The molecule has 7 heteroatoms. The molecule has 0 atom stereocenters. The van der Waals surface area contributed by atoms with Gasteiger partial charge in [0, 0.05) is 25.0 Å². The Balaban J connectivity index is 1.63. The van der Waals surface area contributed by atoms with Gasteiger partial charge in [-0.15, -0.1) is 11.3 Å². The summed E-state index contributed by atoms with van der Waals surface area (Å²) in [5.41, 5.74) is 1.51. The fourth-order valence-electron chi connectivity index (χ4n) is 2.31. The number of benzene rings is 2. The first-order valence-corrected chi connectivity index (χ1v) is 9.53. The molecule has 0 spiro atoms. The largest absolute Gasteiger partial charge is 0.457 e. The van der Waals surface area contributed by atoms with Crippen LogP contribution in [0, 0.1) is 0 Å². The minimum atomic E-state index is -0.479. The van der Waals surface area contributed by atoms with Crippen molar-refractivity contribution in [1.82, 2.24) is 9.88 Å². The summed E-state index contributed by atoms with van der Waals surface area (Å²) in [6.07, 6.45) is 0.0252. The Kier molecular flexibility index (Phi) is 6.39. The molecule has 1 aromatic heterocycles. The second kappa shape index (κ2) is 9.14. The second-order valence-corrected chi connectivity index (χ2v) is 7.07. The van der Waals surface area contributed by atoms with Gasteiger partial charge in [-0.3, -0.25) is 9.59 Å². The average Bonchev–Trinajstić information content (AvgIpc) is 3.15. The molecule has 1 amide bonds. The number of para-hydroxylation sites is 1. The van der Waals surface area contributed by atoms with Crippen LogP contribution in [0.4, 0.5) is 0 Å². The lowest BCUT2D eigenvalue weighted by Crippen LogP contribution is -2.27. The molecule has 1 heterocycles. The predicted molar refractivity (Wildman–Crippen MR) is 107 cm³/mol. The molecule has 3 aromatic rings. The number of rotatable bonds is 7. The summed E-state index contributed by atoms with van der Waals surface area (Å²) in [5, 5.41) is 2.60. The predicted octanol–water partition coefficient (Wildman–Crippen LogP) is 3.78. The molecular weight excluding hydrogens is 376 g/mol. The Bertz CT molecular complexity index is 954. The molecule has 0 aliphatic carbocycles. The highest BCUT2D eigenvalue weighted by Crippen LogP contribution is 2.29. The fraction of sp³-hybridized carbons (Fsp3) is 0.190. The lowest BCUT2D eigenvalue weighted by molar-refractivity contribution is -0.150. The highest BCUT2D eigenvalue weighted by atomic mass is 32.1. The number of carbonyl (C=O) groups is 2. The van der Waals surface area contributed by atoms with E-state index in [4.69, 9.17) is 9.47 Å². The van der Waals surface area contributed by atoms with Crippen molar-refractivity contribution < 1.29 is 19.1 Å². The summed E-state index contributed by atoms with van der Waals surface area (Å²) < 4.78 is 10.8. The highest BCUT2D eigenvalue weighted by Gasteiger charge is 2.13. The summed E-state index contributed by atoms with van der Waals surface area (Å²) in [7, 11) is 3.22. The number of ether oxygens (including phenoxy) is 2. The van der Waals surface area contributed by atoms with Crippen LogP contribution in [-0.2, 0) is 20.7 Å². The van der Waals surface area contributed by atoms with Crippen molar-refractivity contribution in [2.24, 2.45) is 0 Å². The van der Waals surface area contributed by atoms with Crippen LogP contribution in [0.15, 0.2) is 60.0 Å².